The van der Waals surface area contributed by atoms with Crippen molar-refractivity contribution in [3.63, 3.8) is 0 Å². The highest BCUT2D eigenvalue weighted by molar-refractivity contribution is 6.31. The van der Waals surface area contributed by atoms with Crippen molar-refractivity contribution in [3.8, 4) is 11.5 Å². The van der Waals surface area contributed by atoms with Crippen LogP contribution in [0.3, 0.4) is 0 Å². The Labute approximate surface area is 158 Å². The number of nitrogens with zero attached hydrogens (tertiary/aromatic N) is 2. The first-order valence-corrected chi connectivity index (χ1v) is 9.16. The molecule has 2 aromatic rings. The number of phenols is 2. The number of rotatable bonds is 4. The van der Waals surface area contributed by atoms with Crippen LogP contribution in [0.4, 0.5) is 0 Å². The van der Waals surface area contributed by atoms with Crippen LogP contribution < -0.4 is 0 Å². The Kier molecular flexibility index (Phi) is 6.07. The molecule has 4 nitrogen and oxygen atoms in total. The summed E-state index contributed by atoms with van der Waals surface area (Å²) in [5.41, 5.74) is 1.71. The first-order valence-electron chi connectivity index (χ1n) is 8.41. The molecule has 6 heteroatoms. The number of hydrogen-bond donors (Lipinski definition) is 2. The monoisotopic (exact) mass is 380 g/mol. The second-order valence-corrected chi connectivity index (χ2v) is 7.32. The van der Waals surface area contributed by atoms with Crippen LogP contribution in [0.2, 0.25) is 10.0 Å². The molecule has 1 fully saturated rings. The first-order chi connectivity index (χ1) is 12.0. The van der Waals surface area contributed by atoms with Gasteiger partial charge in [-0.25, -0.2) is 0 Å². The average Bonchev–Trinajstić information content (AvgIpc) is 2.80. The molecule has 3 rings (SSSR count). The van der Waals surface area contributed by atoms with Crippen molar-refractivity contribution in [2.45, 2.75) is 19.5 Å². The molecule has 1 aliphatic heterocycles. The Morgan fingerprint density at radius 1 is 0.720 bits per heavy atom. The van der Waals surface area contributed by atoms with Crippen molar-refractivity contribution in [1.82, 2.24) is 9.80 Å². The third kappa shape index (κ3) is 5.02. The lowest BCUT2D eigenvalue weighted by Crippen LogP contribution is -2.30. The summed E-state index contributed by atoms with van der Waals surface area (Å²) in [6.07, 6.45) is 1.03. The molecule has 1 aliphatic rings. The molecule has 0 bridgehead atoms. The van der Waals surface area contributed by atoms with Gasteiger partial charge in [0.25, 0.3) is 0 Å². The van der Waals surface area contributed by atoms with Crippen LogP contribution in [-0.4, -0.2) is 46.2 Å². The maximum atomic E-state index is 10.0. The van der Waals surface area contributed by atoms with E-state index in [0.717, 1.165) is 43.7 Å². The van der Waals surface area contributed by atoms with Crippen LogP contribution in [0, 0.1) is 0 Å². The lowest BCUT2D eigenvalue weighted by atomic mass is 10.2. The van der Waals surface area contributed by atoms with Crippen molar-refractivity contribution in [3.05, 3.63) is 57.6 Å². The third-order valence-electron chi connectivity index (χ3n) is 4.55. The summed E-state index contributed by atoms with van der Waals surface area (Å²) in [4.78, 5) is 4.65. The highest BCUT2D eigenvalue weighted by Crippen LogP contribution is 2.25. The average molecular weight is 381 g/mol. The molecule has 2 N–H and O–H groups in total. The van der Waals surface area contributed by atoms with Crippen molar-refractivity contribution in [1.29, 1.82) is 0 Å². The van der Waals surface area contributed by atoms with Crippen LogP contribution in [0.1, 0.15) is 17.5 Å². The van der Waals surface area contributed by atoms with E-state index in [1.165, 1.54) is 0 Å². The van der Waals surface area contributed by atoms with E-state index in [2.05, 4.69) is 9.80 Å². The SMILES string of the molecule is Oc1ccc(Cl)cc1CN1CCCN(Cc2cc(Cl)ccc2O)CC1. The van der Waals surface area contributed by atoms with Gasteiger partial charge in [-0.2, -0.15) is 0 Å². The summed E-state index contributed by atoms with van der Waals surface area (Å²) in [6, 6.07) is 10.3. The number of phenolic OH excluding ortho intramolecular Hbond substituents is 2. The van der Waals surface area contributed by atoms with Crippen LogP contribution >= 0.6 is 23.2 Å². The first kappa shape index (κ1) is 18.3. The Morgan fingerprint density at radius 3 is 1.60 bits per heavy atom. The standard InChI is InChI=1S/C19H22Cl2N2O2/c20-16-2-4-18(24)14(10-16)12-22-6-1-7-23(9-8-22)13-15-11-17(21)3-5-19(15)25/h2-5,10-11,24-25H,1,6-9,12-13H2. The van der Waals surface area contributed by atoms with E-state index in [1.807, 2.05) is 12.1 Å². The fourth-order valence-corrected chi connectivity index (χ4v) is 3.57. The van der Waals surface area contributed by atoms with Gasteiger partial charge in [-0.05, 0) is 55.9 Å². The van der Waals surface area contributed by atoms with E-state index in [0.29, 0.717) is 23.1 Å². The lowest BCUT2D eigenvalue weighted by molar-refractivity contribution is 0.243. The zero-order chi connectivity index (χ0) is 17.8. The smallest absolute Gasteiger partial charge is 0.120 e. The Hall–Kier alpha value is -1.46. The molecule has 1 heterocycles. The molecule has 0 aliphatic carbocycles. The number of aromatic hydroxyl groups is 2. The second-order valence-electron chi connectivity index (χ2n) is 6.45. The summed E-state index contributed by atoms with van der Waals surface area (Å²) in [6.45, 7) is 5.08. The molecule has 0 atom stereocenters. The van der Waals surface area contributed by atoms with Crippen molar-refractivity contribution in [2.75, 3.05) is 26.2 Å². The van der Waals surface area contributed by atoms with Gasteiger partial charge in [-0.15, -0.1) is 0 Å². The van der Waals surface area contributed by atoms with Gasteiger partial charge in [0, 0.05) is 47.4 Å². The lowest BCUT2D eigenvalue weighted by Gasteiger charge is -2.22. The summed E-state index contributed by atoms with van der Waals surface area (Å²) < 4.78 is 0. The molecular weight excluding hydrogens is 359 g/mol. The van der Waals surface area contributed by atoms with Crippen LogP contribution in [0.5, 0.6) is 11.5 Å². The summed E-state index contributed by atoms with van der Waals surface area (Å²) in [5.74, 6) is 0.573. The zero-order valence-electron chi connectivity index (χ0n) is 14.0. The highest BCUT2D eigenvalue weighted by atomic mass is 35.5. The van der Waals surface area contributed by atoms with E-state index in [9.17, 15) is 10.2 Å². The molecule has 2 aromatic carbocycles. The van der Waals surface area contributed by atoms with Crippen LogP contribution in [0.15, 0.2) is 36.4 Å². The van der Waals surface area contributed by atoms with Gasteiger partial charge >= 0.3 is 0 Å². The van der Waals surface area contributed by atoms with E-state index < -0.39 is 0 Å². The van der Waals surface area contributed by atoms with Gasteiger partial charge in [0.1, 0.15) is 11.5 Å². The fraction of sp³-hybridized carbons (Fsp3) is 0.368. The van der Waals surface area contributed by atoms with Crippen molar-refractivity contribution < 1.29 is 10.2 Å². The molecular formula is C19H22Cl2N2O2. The maximum Gasteiger partial charge on any atom is 0.120 e. The fourth-order valence-electron chi connectivity index (χ4n) is 3.18. The van der Waals surface area contributed by atoms with E-state index in [-0.39, 0.29) is 11.5 Å². The van der Waals surface area contributed by atoms with Gasteiger partial charge in [0.15, 0.2) is 0 Å². The Balaban J connectivity index is 1.60. The predicted molar refractivity (Wildman–Crippen MR) is 101 cm³/mol. The van der Waals surface area contributed by atoms with Gasteiger partial charge in [0.05, 0.1) is 0 Å². The van der Waals surface area contributed by atoms with Crippen molar-refractivity contribution in [2.24, 2.45) is 0 Å². The van der Waals surface area contributed by atoms with Gasteiger partial charge < -0.3 is 10.2 Å². The van der Waals surface area contributed by atoms with E-state index in [4.69, 9.17) is 23.2 Å². The van der Waals surface area contributed by atoms with Gasteiger partial charge in [-0.1, -0.05) is 23.2 Å². The van der Waals surface area contributed by atoms with Gasteiger partial charge in [0.2, 0.25) is 0 Å². The van der Waals surface area contributed by atoms with E-state index in [1.54, 1.807) is 24.3 Å². The van der Waals surface area contributed by atoms with Crippen LogP contribution in [0.25, 0.3) is 0 Å². The number of halogens is 2. The molecule has 0 radical (unpaired) electrons. The molecule has 0 unspecified atom stereocenters. The van der Waals surface area contributed by atoms with E-state index >= 15 is 0 Å². The third-order valence-corrected chi connectivity index (χ3v) is 5.02. The molecule has 0 amide bonds. The Bertz CT molecular complexity index is 678. The summed E-state index contributed by atoms with van der Waals surface area (Å²) in [5, 5.41) is 21.3. The number of hydrogen-bond acceptors (Lipinski definition) is 4. The Morgan fingerprint density at radius 2 is 1.16 bits per heavy atom. The molecule has 0 aromatic heterocycles. The summed E-state index contributed by atoms with van der Waals surface area (Å²) in [7, 11) is 0. The molecule has 0 spiro atoms. The minimum atomic E-state index is 0.286. The molecule has 25 heavy (non-hydrogen) atoms. The molecule has 1 saturated heterocycles. The molecule has 0 saturated carbocycles. The zero-order valence-corrected chi connectivity index (χ0v) is 15.5. The minimum absolute atomic E-state index is 0.286. The normalized spacial score (nSPS) is 16.7. The second kappa shape index (κ2) is 8.28. The highest BCUT2D eigenvalue weighted by Gasteiger charge is 2.17. The van der Waals surface area contributed by atoms with Crippen LogP contribution in [-0.2, 0) is 13.1 Å². The predicted octanol–water partition coefficient (Wildman–Crippen LogP) is 4.11. The molecule has 134 valence electrons. The van der Waals surface area contributed by atoms with Crippen molar-refractivity contribution >= 4 is 23.2 Å². The topological polar surface area (TPSA) is 46.9 Å². The quantitative estimate of drug-likeness (QED) is 0.837. The number of benzene rings is 2. The van der Waals surface area contributed by atoms with Gasteiger partial charge in [-0.3, -0.25) is 9.80 Å². The maximum absolute atomic E-state index is 10.0. The largest absolute Gasteiger partial charge is 0.508 e. The minimum Gasteiger partial charge on any atom is -0.508 e. The summed E-state index contributed by atoms with van der Waals surface area (Å²) >= 11 is 12.1.